The summed E-state index contributed by atoms with van der Waals surface area (Å²) in [5.74, 6) is 0. The Hall–Kier alpha value is -0.770. The van der Waals surface area contributed by atoms with Gasteiger partial charge in [-0.2, -0.15) is 0 Å². The summed E-state index contributed by atoms with van der Waals surface area (Å²) in [6.07, 6.45) is 3.55. The van der Waals surface area contributed by atoms with Crippen LogP contribution in [0, 0.1) is 0 Å². The van der Waals surface area contributed by atoms with Gasteiger partial charge in [0.1, 0.15) is 0 Å². The van der Waals surface area contributed by atoms with Crippen molar-refractivity contribution in [1.29, 1.82) is 0 Å². The molecule has 0 aliphatic carbocycles. The number of amides is 2. The highest BCUT2D eigenvalue weighted by molar-refractivity contribution is 5.73. The van der Waals surface area contributed by atoms with E-state index in [-0.39, 0.29) is 6.03 Å². The first-order valence-electron chi connectivity index (χ1n) is 4.52. The van der Waals surface area contributed by atoms with E-state index in [4.69, 9.17) is 0 Å². The Morgan fingerprint density at radius 1 is 1.67 bits per heavy atom. The van der Waals surface area contributed by atoms with E-state index >= 15 is 0 Å². The van der Waals surface area contributed by atoms with E-state index in [2.05, 4.69) is 16.0 Å². The van der Waals surface area contributed by atoms with Gasteiger partial charge in [-0.3, -0.25) is 0 Å². The summed E-state index contributed by atoms with van der Waals surface area (Å²) >= 11 is 0. The fourth-order valence-electron chi connectivity index (χ4n) is 1.45. The van der Waals surface area contributed by atoms with Crippen molar-refractivity contribution in [2.24, 2.45) is 0 Å². The van der Waals surface area contributed by atoms with Gasteiger partial charge < -0.3 is 16.0 Å². The smallest absolute Gasteiger partial charge is 0.314 e. The molecule has 1 unspecified atom stereocenters. The summed E-state index contributed by atoms with van der Waals surface area (Å²) in [6, 6.07) is 0.523. The number of rotatable bonds is 3. The van der Waals surface area contributed by atoms with Crippen LogP contribution in [0.4, 0.5) is 4.79 Å². The van der Waals surface area contributed by atoms with Crippen LogP contribution < -0.4 is 16.0 Å². The normalized spacial score (nSPS) is 22.2. The molecule has 0 saturated carbocycles. The van der Waals surface area contributed by atoms with Crippen molar-refractivity contribution in [3.8, 4) is 0 Å². The van der Waals surface area contributed by atoms with Gasteiger partial charge in [-0.1, -0.05) is 0 Å². The van der Waals surface area contributed by atoms with E-state index in [0.717, 1.165) is 19.5 Å². The topological polar surface area (TPSA) is 53.2 Å². The van der Waals surface area contributed by atoms with Crippen molar-refractivity contribution in [3.05, 3.63) is 0 Å². The molecule has 3 N–H and O–H groups in total. The van der Waals surface area contributed by atoms with Gasteiger partial charge in [0.25, 0.3) is 0 Å². The minimum atomic E-state index is -0.0898. The maximum Gasteiger partial charge on any atom is 0.314 e. The van der Waals surface area contributed by atoms with Gasteiger partial charge in [0.05, 0.1) is 0 Å². The SMILES string of the molecule is CNC(=O)NCCC1CCCN1. The lowest BCUT2D eigenvalue weighted by molar-refractivity contribution is 0.242. The van der Waals surface area contributed by atoms with E-state index < -0.39 is 0 Å². The summed E-state index contributed by atoms with van der Waals surface area (Å²) in [5.41, 5.74) is 0. The van der Waals surface area contributed by atoms with Crippen molar-refractivity contribution in [2.45, 2.75) is 25.3 Å². The maximum atomic E-state index is 10.7. The third-order valence-electron chi connectivity index (χ3n) is 2.17. The molecule has 0 aromatic heterocycles. The van der Waals surface area contributed by atoms with E-state index in [0.29, 0.717) is 6.04 Å². The van der Waals surface area contributed by atoms with Gasteiger partial charge in [0.2, 0.25) is 0 Å². The Morgan fingerprint density at radius 2 is 2.50 bits per heavy atom. The highest BCUT2D eigenvalue weighted by Gasteiger charge is 2.12. The molecule has 0 bridgehead atoms. The van der Waals surface area contributed by atoms with Crippen LogP contribution in [0.25, 0.3) is 0 Å². The average molecular weight is 171 g/mol. The lowest BCUT2D eigenvalue weighted by atomic mass is 10.2. The van der Waals surface area contributed by atoms with Gasteiger partial charge in [-0.05, 0) is 25.8 Å². The summed E-state index contributed by atoms with van der Waals surface area (Å²) < 4.78 is 0. The lowest BCUT2D eigenvalue weighted by Gasteiger charge is -2.09. The van der Waals surface area contributed by atoms with Crippen LogP contribution in [0.15, 0.2) is 0 Å². The zero-order chi connectivity index (χ0) is 8.81. The number of hydrogen-bond donors (Lipinski definition) is 3. The summed E-state index contributed by atoms with van der Waals surface area (Å²) in [5, 5.41) is 8.67. The first kappa shape index (κ1) is 9.32. The summed E-state index contributed by atoms with van der Waals surface area (Å²) in [4.78, 5) is 10.7. The van der Waals surface area contributed by atoms with Crippen molar-refractivity contribution in [3.63, 3.8) is 0 Å². The lowest BCUT2D eigenvalue weighted by Crippen LogP contribution is -2.35. The highest BCUT2D eigenvalue weighted by Crippen LogP contribution is 2.07. The minimum absolute atomic E-state index is 0.0898. The fraction of sp³-hybridized carbons (Fsp3) is 0.875. The first-order chi connectivity index (χ1) is 5.83. The first-order valence-corrected chi connectivity index (χ1v) is 4.52. The Kier molecular flexibility index (Phi) is 3.87. The van der Waals surface area contributed by atoms with E-state index in [1.165, 1.54) is 12.8 Å². The third-order valence-corrected chi connectivity index (χ3v) is 2.17. The molecular weight excluding hydrogens is 154 g/mol. The molecule has 1 aliphatic heterocycles. The molecule has 4 heteroatoms. The monoisotopic (exact) mass is 171 g/mol. The molecule has 70 valence electrons. The Bertz CT molecular complexity index is 143. The van der Waals surface area contributed by atoms with Crippen LogP contribution in [0.1, 0.15) is 19.3 Å². The fourth-order valence-corrected chi connectivity index (χ4v) is 1.45. The van der Waals surface area contributed by atoms with Gasteiger partial charge in [0.15, 0.2) is 0 Å². The van der Waals surface area contributed by atoms with Crippen molar-refractivity contribution >= 4 is 6.03 Å². The largest absolute Gasteiger partial charge is 0.341 e. The molecule has 0 aromatic rings. The Balaban J connectivity index is 1.97. The highest BCUT2D eigenvalue weighted by atomic mass is 16.2. The van der Waals surface area contributed by atoms with Crippen LogP contribution in [-0.2, 0) is 0 Å². The third kappa shape index (κ3) is 3.09. The molecule has 2 amide bonds. The molecule has 1 saturated heterocycles. The number of urea groups is 1. The second-order valence-electron chi connectivity index (χ2n) is 3.09. The van der Waals surface area contributed by atoms with Crippen LogP contribution in [-0.4, -0.2) is 32.2 Å². The van der Waals surface area contributed by atoms with E-state index in [9.17, 15) is 4.79 Å². The van der Waals surface area contributed by atoms with Crippen LogP contribution in [0.5, 0.6) is 0 Å². The molecule has 0 aromatic carbocycles. The van der Waals surface area contributed by atoms with Gasteiger partial charge in [-0.15, -0.1) is 0 Å². The molecule has 0 spiro atoms. The second-order valence-corrected chi connectivity index (χ2v) is 3.09. The molecule has 1 heterocycles. The number of hydrogen-bond acceptors (Lipinski definition) is 2. The quantitative estimate of drug-likeness (QED) is 0.562. The van der Waals surface area contributed by atoms with Crippen LogP contribution in [0.3, 0.4) is 0 Å². The Morgan fingerprint density at radius 3 is 3.08 bits per heavy atom. The molecule has 0 radical (unpaired) electrons. The molecule has 12 heavy (non-hydrogen) atoms. The molecule has 1 fully saturated rings. The summed E-state index contributed by atoms with van der Waals surface area (Å²) in [7, 11) is 1.63. The summed E-state index contributed by atoms with van der Waals surface area (Å²) in [6.45, 7) is 1.89. The standard InChI is InChI=1S/C8H17N3O/c1-9-8(12)11-6-4-7-3-2-5-10-7/h7,10H,2-6H2,1H3,(H2,9,11,12). The van der Waals surface area contributed by atoms with Crippen LogP contribution in [0.2, 0.25) is 0 Å². The predicted octanol–water partition coefficient (Wildman–Crippen LogP) is 0.0575. The van der Waals surface area contributed by atoms with Gasteiger partial charge >= 0.3 is 6.03 Å². The number of carbonyl (C=O) groups excluding carboxylic acids is 1. The van der Waals surface area contributed by atoms with E-state index in [1.807, 2.05) is 0 Å². The van der Waals surface area contributed by atoms with Gasteiger partial charge in [-0.25, -0.2) is 4.79 Å². The molecule has 1 aliphatic rings. The maximum absolute atomic E-state index is 10.7. The molecule has 1 rings (SSSR count). The molecular formula is C8H17N3O. The van der Waals surface area contributed by atoms with Crippen molar-refractivity contribution in [1.82, 2.24) is 16.0 Å². The molecule has 4 nitrogen and oxygen atoms in total. The number of nitrogens with one attached hydrogen (secondary N) is 3. The Labute approximate surface area is 73.1 Å². The zero-order valence-corrected chi connectivity index (χ0v) is 7.52. The molecule has 1 atom stereocenters. The van der Waals surface area contributed by atoms with E-state index in [1.54, 1.807) is 7.05 Å². The predicted molar refractivity (Wildman–Crippen MR) is 48.1 cm³/mol. The minimum Gasteiger partial charge on any atom is -0.341 e. The average Bonchev–Trinajstić information content (AvgIpc) is 2.57. The van der Waals surface area contributed by atoms with Crippen LogP contribution >= 0.6 is 0 Å². The zero-order valence-electron chi connectivity index (χ0n) is 7.52. The van der Waals surface area contributed by atoms with Crippen molar-refractivity contribution < 1.29 is 4.79 Å². The second kappa shape index (κ2) is 4.98. The number of carbonyl (C=O) groups is 1. The van der Waals surface area contributed by atoms with Gasteiger partial charge in [0, 0.05) is 19.6 Å². The van der Waals surface area contributed by atoms with Crippen molar-refractivity contribution in [2.75, 3.05) is 20.1 Å².